The average Bonchev–Trinajstić information content (AvgIpc) is 3.26. The van der Waals surface area contributed by atoms with Crippen LogP contribution in [0.5, 0.6) is 23.0 Å². The molecule has 0 aromatic heterocycles. The number of aliphatic hydroxyl groups is 1. The molecule has 0 saturated carbocycles. The SMILES string of the molecule is COc1cc(C)c(OOSN(Cc2ccc3c(c2)OCO3)[C@H](CO)C(=O)NO)c(C)c1C. The van der Waals surface area contributed by atoms with E-state index in [-0.39, 0.29) is 13.3 Å². The second-order valence-corrected chi connectivity index (χ2v) is 7.89. The van der Waals surface area contributed by atoms with Crippen molar-refractivity contribution in [1.82, 2.24) is 9.79 Å². The molecule has 0 saturated heterocycles. The molecule has 1 aliphatic rings. The second kappa shape index (κ2) is 10.7. The number of rotatable bonds is 10. The van der Waals surface area contributed by atoms with Crippen molar-refractivity contribution in [2.45, 2.75) is 33.4 Å². The zero-order valence-electron chi connectivity index (χ0n) is 18.2. The number of nitrogens with zero attached hydrogens (tertiary/aromatic N) is 1. The van der Waals surface area contributed by atoms with Crippen LogP contribution in [-0.4, -0.2) is 47.1 Å². The fraction of sp³-hybridized carbons (Fsp3) is 0.381. The number of carbonyl (C=O) groups excluding carboxylic acids is 1. The molecule has 2 aromatic carbocycles. The van der Waals surface area contributed by atoms with Crippen molar-refractivity contribution >= 4 is 18.1 Å². The van der Waals surface area contributed by atoms with E-state index >= 15 is 0 Å². The lowest BCUT2D eigenvalue weighted by Crippen LogP contribution is -2.45. The zero-order chi connectivity index (χ0) is 23.3. The van der Waals surface area contributed by atoms with Gasteiger partial charge in [-0.05, 0) is 55.7 Å². The van der Waals surface area contributed by atoms with Crippen LogP contribution in [0.1, 0.15) is 22.3 Å². The van der Waals surface area contributed by atoms with Gasteiger partial charge < -0.3 is 24.2 Å². The van der Waals surface area contributed by atoms with Gasteiger partial charge in [0.2, 0.25) is 6.79 Å². The highest BCUT2D eigenvalue weighted by atomic mass is 32.2. The minimum absolute atomic E-state index is 0.139. The van der Waals surface area contributed by atoms with E-state index in [0.29, 0.717) is 17.2 Å². The monoisotopic (exact) mass is 466 g/mol. The Hall–Kier alpha value is -2.70. The standard InChI is InChI=1S/C21H26N2O8S/c1-12-7-18(27-4)13(2)14(3)20(12)30-31-32-23(16(10-24)21(25)22-26)9-15-5-6-17-19(8-15)29-11-28-17/h5-8,16,24,26H,9-11H2,1-4H3,(H,22,25)/t16-/m1/s1. The van der Waals surface area contributed by atoms with Gasteiger partial charge in [0.15, 0.2) is 17.2 Å². The predicted molar refractivity (Wildman–Crippen MR) is 115 cm³/mol. The van der Waals surface area contributed by atoms with Crippen molar-refractivity contribution in [2.75, 3.05) is 20.5 Å². The number of aryl methyl sites for hydroxylation is 1. The molecule has 1 aliphatic heterocycles. The molecule has 0 bridgehead atoms. The van der Waals surface area contributed by atoms with Gasteiger partial charge in [0, 0.05) is 12.1 Å². The Morgan fingerprint density at radius 1 is 1.22 bits per heavy atom. The minimum atomic E-state index is -1.11. The molecule has 32 heavy (non-hydrogen) atoms. The molecule has 2 aromatic rings. The van der Waals surface area contributed by atoms with Crippen LogP contribution >= 0.6 is 12.2 Å². The van der Waals surface area contributed by atoms with E-state index in [9.17, 15) is 9.90 Å². The first kappa shape index (κ1) is 24.0. The molecular weight excluding hydrogens is 440 g/mol. The quantitative estimate of drug-likeness (QED) is 0.158. The van der Waals surface area contributed by atoms with E-state index in [1.54, 1.807) is 30.8 Å². The van der Waals surface area contributed by atoms with Crippen LogP contribution in [0.2, 0.25) is 0 Å². The lowest BCUT2D eigenvalue weighted by Gasteiger charge is -2.26. The van der Waals surface area contributed by atoms with Gasteiger partial charge in [-0.3, -0.25) is 10.0 Å². The van der Waals surface area contributed by atoms with Gasteiger partial charge in [0.05, 0.1) is 13.7 Å². The Morgan fingerprint density at radius 3 is 2.66 bits per heavy atom. The molecule has 0 spiro atoms. The van der Waals surface area contributed by atoms with Gasteiger partial charge in [-0.15, -0.1) is 0 Å². The number of hydrogen-bond acceptors (Lipinski definition) is 10. The van der Waals surface area contributed by atoms with Gasteiger partial charge in [0.1, 0.15) is 24.0 Å². The molecular formula is C21H26N2O8S. The van der Waals surface area contributed by atoms with Crippen molar-refractivity contribution < 1.29 is 38.5 Å². The summed E-state index contributed by atoms with van der Waals surface area (Å²) >= 11 is 0.730. The van der Waals surface area contributed by atoms with Gasteiger partial charge in [-0.2, -0.15) is 0 Å². The number of nitrogens with one attached hydrogen (secondary N) is 1. The van der Waals surface area contributed by atoms with E-state index in [1.165, 1.54) is 4.31 Å². The van der Waals surface area contributed by atoms with Crippen molar-refractivity contribution in [2.24, 2.45) is 0 Å². The number of hydroxylamine groups is 1. The molecule has 1 heterocycles. The first-order valence-corrected chi connectivity index (χ1v) is 10.5. The van der Waals surface area contributed by atoms with Crippen molar-refractivity contribution in [3.63, 3.8) is 0 Å². The molecule has 0 radical (unpaired) electrons. The maximum atomic E-state index is 12.1. The summed E-state index contributed by atoms with van der Waals surface area (Å²) in [4.78, 5) is 17.6. The molecule has 3 rings (SSSR count). The van der Waals surface area contributed by atoms with E-state index < -0.39 is 18.6 Å². The molecule has 0 fully saturated rings. The van der Waals surface area contributed by atoms with E-state index in [1.807, 2.05) is 26.8 Å². The highest BCUT2D eigenvalue weighted by Crippen LogP contribution is 2.35. The first-order chi connectivity index (χ1) is 15.4. The predicted octanol–water partition coefficient (Wildman–Crippen LogP) is 2.59. The van der Waals surface area contributed by atoms with E-state index in [0.717, 1.165) is 40.2 Å². The van der Waals surface area contributed by atoms with E-state index in [2.05, 4.69) is 0 Å². The van der Waals surface area contributed by atoms with Crippen LogP contribution in [0.3, 0.4) is 0 Å². The molecule has 0 unspecified atom stereocenters. The van der Waals surface area contributed by atoms with E-state index in [4.69, 9.17) is 28.6 Å². The van der Waals surface area contributed by atoms with Crippen LogP contribution in [-0.2, 0) is 15.7 Å². The second-order valence-electron chi connectivity index (χ2n) is 7.14. The highest BCUT2D eigenvalue weighted by Gasteiger charge is 2.28. The average molecular weight is 467 g/mol. The Kier molecular flexibility index (Phi) is 8.04. The lowest BCUT2D eigenvalue weighted by atomic mass is 10.0. The molecule has 3 N–H and O–H groups in total. The summed E-state index contributed by atoms with van der Waals surface area (Å²) in [5.41, 5.74) is 4.89. The van der Waals surface area contributed by atoms with Crippen molar-refractivity contribution in [3.8, 4) is 23.0 Å². The molecule has 1 amide bonds. The summed E-state index contributed by atoms with van der Waals surface area (Å²) in [7, 11) is 1.60. The smallest absolute Gasteiger partial charge is 0.264 e. The van der Waals surface area contributed by atoms with Gasteiger partial charge in [0.25, 0.3) is 5.91 Å². The van der Waals surface area contributed by atoms with Crippen molar-refractivity contribution in [3.05, 3.63) is 46.5 Å². The Labute approximate surface area is 190 Å². The number of amides is 1. The van der Waals surface area contributed by atoms with Gasteiger partial charge in [-0.25, -0.2) is 9.79 Å². The normalized spacial score (nSPS) is 13.2. The molecule has 1 atom stereocenters. The lowest BCUT2D eigenvalue weighted by molar-refractivity contribution is -0.135. The number of ether oxygens (including phenoxy) is 3. The fourth-order valence-electron chi connectivity index (χ4n) is 3.24. The number of carbonyl (C=O) groups is 1. The van der Waals surface area contributed by atoms with Crippen LogP contribution in [0, 0.1) is 20.8 Å². The summed E-state index contributed by atoms with van der Waals surface area (Å²) in [6.45, 7) is 5.40. The number of hydrogen-bond donors (Lipinski definition) is 3. The summed E-state index contributed by atoms with van der Waals surface area (Å²) < 4.78 is 22.9. The number of aliphatic hydroxyl groups excluding tert-OH is 1. The maximum Gasteiger partial charge on any atom is 0.264 e. The van der Waals surface area contributed by atoms with Crippen LogP contribution < -0.4 is 24.6 Å². The Bertz CT molecular complexity index is 971. The molecule has 0 aliphatic carbocycles. The third-order valence-corrected chi connectivity index (χ3v) is 5.85. The minimum Gasteiger partial charge on any atom is -0.496 e. The zero-order valence-corrected chi connectivity index (χ0v) is 19.0. The van der Waals surface area contributed by atoms with Crippen LogP contribution in [0.4, 0.5) is 0 Å². The third kappa shape index (κ3) is 5.19. The molecule has 174 valence electrons. The third-order valence-electron chi connectivity index (χ3n) is 5.15. The summed E-state index contributed by atoms with van der Waals surface area (Å²) in [5, 5.41) is 18.8. The first-order valence-electron chi connectivity index (χ1n) is 9.75. The van der Waals surface area contributed by atoms with Gasteiger partial charge in [-0.1, -0.05) is 10.4 Å². The fourth-order valence-corrected chi connectivity index (χ4v) is 3.88. The molecule has 10 nitrogen and oxygen atoms in total. The number of benzene rings is 2. The maximum absolute atomic E-state index is 12.1. The number of fused-ring (bicyclic) bond motifs is 1. The van der Waals surface area contributed by atoms with Gasteiger partial charge >= 0.3 is 0 Å². The van der Waals surface area contributed by atoms with Crippen LogP contribution in [0.25, 0.3) is 0 Å². The van der Waals surface area contributed by atoms with Crippen LogP contribution in [0.15, 0.2) is 24.3 Å². The summed E-state index contributed by atoms with van der Waals surface area (Å²) in [6.07, 6.45) is 0. The Morgan fingerprint density at radius 2 is 1.97 bits per heavy atom. The summed E-state index contributed by atoms with van der Waals surface area (Å²) in [6, 6.07) is 6.05. The number of methoxy groups -OCH3 is 1. The largest absolute Gasteiger partial charge is 0.496 e. The highest BCUT2D eigenvalue weighted by molar-refractivity contribution is 7.92. The Balaban J connectivity index is 1.76. The van der Waals surface area contributed by atoms with Crippen molar-refractivity contribution in [1.29, 1.82) is 0 Å². The molecule has 11 heteroatoms. The summed E-state index contributed by atoms with van der Waals surface area (Å²) in [5.74, 6) is 1.67. The topological polar surface area (TPSA) is 119 Å².